The summed E-state index contributed by atoms with van der Waals surface area (Å²) in [6.07, 6.45) is 9.25. The summed E-state index contributed by atoms with van der Waals surface area (Å²) < 4.78 is 0. The van der Waals surface area contributed by atoms with Gasteiger partial charge in [0.05, 0.1) is 23.9 Å². The Morgan fingerprint density at radius 2 is 0.576 bits per heavy atom. The summed E-state index contributed by atoms with van der Waals surface area (Å²) in [5.74, 6) is -5.05. The van der Waals surface area contributed by atoms with E-state index in [1.165, 1.54) is 24.3 Å². The second kappa shape index (κ2) is 15.9. The van der Waals surface area contributed by atoms with Crippen LogP contribution < -0.4 is 20.4 Å². The minimum absolute atomic E-state index is 0. The molecule has 0 bridgehead atoms. The molecular formula is C24H16O8Zr. The van der Waals surface area contributed by atoms with Crippen LogP contribution >= 0.6 is 0 Å². The third-order valence-electron chi connectivity index (χ3n) is 3.52. The molecule has 0 saturated heterocycles. The van der Waals surface area contributed by atoms with Crippen molar-refractivity contribution in [3.05, 3.63) is 95.1 Å². The Balaban J connectivity index is 0.000000602. The van der Waals surface area contributed by atoms with Crippen molar-refractivity contribution in [2.75, 3.05) is 0 Å². The second-order valence-corrected chi connectivity index (χ2v) is 5.94. The number of hydrogen-bond donors (Lipinski definition) is 0. The Bertz CT molecular complexity index is 889. The minimum atomic E-state index is -1.26. The molecule has 0 unspecified atom stereocenters. The number of carbonyl (C=O) groups excluding carboxylic acids is 4. The standard InChI is InChI=1S/2C12H10O4.Zr/c2*13-11(14)7-5-9-1-2-10(4-3-9)6-8-12(15)16;/h2*1-8H,(H,13,14)(H,15,16);/q;;+4/p-4. The molecule has 0 saturated carbocycles. The summed E-state index contributed by atoms with van der Waals surface area (Å²) in [5.41, 5.74) is 2.76. The van der Waals surface area contributed by atoms with E-state index in [4.69, 9.17) is 0 Å². The molecule has 0 N–H and O–H groups in total. The maximum absolute atomic E-state index is 10.1. The number of aliphatic carboxylic acids is 4. The molecule has 0 atom stereocenters. The van der Waals surface area contributed by atoms with Crippen LogP contribution in [0.15, 0.2) is 72.8 Å². The summed E-state index contributed by atoms with van der Waals surface area (Å²) >= 11 is 0. The van der Waals surface area contributed by atoms with Gasteiger partial charge in [0.15, 0.2) is 0 Å². The molecule has 2 aromatic carbocycles. The van der Waals surface area contributed by atoms with Gasteiger partial charge in [-0.15, -0.1) is 0 Å². The molecule has 33 heavy (non-hydrogen) atoms. The van der Waals surface area contributed by atoms with Crippen LogP contribution in [-0.2, 0) is 45.4 Å². The van der Waals surface area contributed by atoms with Gasteiger partial charge in [-0.05, 0) is 46.6 Å². The summed E-state index contributed by atoms with van der Waals surface area (Å²) in [6.45, 7) is 0. The quantitative estimate of drug-likeness (QED) is 0.375. The maximum Gasteiger partial charge on any atom is 4.00 e. The number of carbonyl (C=O) groups is 4. The molecule has 0 heterocycles. The first-order valence-corrected chi connectivity index (χ1v) is 8.92. The van der Waals surface area contributed by atoms with Crippen LogP contribution in [-0.4, -0.2) is 23.9 Å². The van der Waals surface area contributed by atoms with E-state index < -0.39 is 23.9 Å². The Morgan fingerprint density at radius 3 is 0.697 bits per heavy atom. The molecule has 0 radical (unpaired) electrons. The number of rotatable bonds is 8. The fourth-order valence-electron chi connectivity index (χ4n) is 2.09. The van der Waals surface area contributed by atoms with Gasteiger partial charge in [0, 0.05) is 0 Å². The van der Waals surface area contributed by atoms with Crippen molar-refractivity contribution in [3.63, 3.8) is 0 Å². The monoisotopic (exact) mass is 522 g/mol. The molecule has 0 amide bonds. The molecule has 0 aliphatic heterocycles. The van der Waals surface area contributed by atoms with Crippen molar-refractivity contribution < 1.29 is 65.8 Å². The van der Waals surface area contributed by atoms with Gasteiger partial charge < -0.3 is 39.6 Å². The second-order valence-electron chi connectivity index (χ2n) is 5.94. The summed E-state index contributed by atoms with van der Waals surface area (Å²) in [7, 11) is 0. The van der Waals surface area contributed by atoms with Crippen molar-refractivity contribution in [3.8, 4) is 0 Å². The molecular weight excluding hydrogens is 507 g/mol. The first kappa shape index (κ1) is 29.2. The predicted octanol–water partition coefficient (Wildman–Crippen LogP) is -1.58. The van der Waals surface area contributed by atoms with Crippen LogP contribution in [0.25, 0.3) is 24.3 Å². The zero-order valence-corrected chi connectivity index (χ0v) is 19.5. The van der Waals surface area contributed by atoms with Crippen LogP contribution in [0, 0.1) is 0 Å². The molecule has 0 aliphatic carbocycles. The summed E-state index contributed by atoms with van der Waals surface area (Å²) in [4.78, 5) is 40.5. The Labute approximate surface area is 208 Å². The zero-order valence-electron chi connectivity index (χ0n) is 17.0. The molecule has 0 fully saturated rings. The maximum atomic E-state index is 10.1. The van der Waals surface area contributed by atoms with Crippen LogP contribution in [0.2, 0.25) is 0 Å². The van der Waals surface area contributed by atoms with E-state index in [1.807, 2.05) is 0 Å². The van der Waals surface area contributed by atoms with E-state index in [0.29, 0.717) is 22.3 Å². The van der Waals surface area contributed by atoms with Crippen LogP contribution in [0.4, 0.5) is 0 Å². The SMILES string of the molecule is O=C([O-])C=Cc1ccc(C=CC(=O)[O-])cc1.O=C([O-])C=Cc1ccc(C=CC(=O)[O-])cc1.[Zr+4]. The summed E-state index contributed by atoms with van der Waals surface area (Å²) in [6, 6.07) is 13.3. The topological polar surface area (TPSA) is 161 Å². The third-order valence-corrected chi connectivity index (χ3v) is 3.52. The average molecular weight is 524 g/mol. The van der Waals surface area contributed by atoms with Crippen molar-refractivity contribution in [2.24, 2.45) is 0 Å². The fourth-order valence-corrected chi connectivity index (χ4v) is 2.09. The fraction of sp³-hybridized carbons (Fsp3) is 0. The van der Waals surface area contributed by atoms with Gasteiger partial charge in [0.2, 0.25) is 0 Å². The van der Waals surface area contributed by atoms with Crippen LogP contribution in [0.1, 0.15) is 22.3 Å². The van der Waals surface area contributed by atoms with Crippen molar-refractivity contribution in [1.29, 1.82) is 0 Å². The average Bonchev–Trinajstić information content (AvgIpc) is 2.75. The zero-order chi connectivity index (χ0) is 23.9. The minimum Gasteiger partial charge on any atom is -0.545 e. The van der Waals surface area contributed by atoms with Gasteiger partial charge in [-0.1, -0.05) is 72.8 Å². The summed E-state index contributed by atoms with van der Waals surface area (Å²) in [5, 5.41) is 40.5. The van der Waals surface area contributed by atoms with Crippen LogP contribution in [0.3, 0.4) is 0 Å². The molecule has 9 heteroatoms. The number of benzene rings is 2. The van der Waals surface area contributed by atoms with Crippen molar-refractivity contribution >= 4 is 48.2 Å². The van der Waals surface area contributed by atoms with Crippen molar-refractivity contribution in [1.82, 2.24) is 0 Å². The van der Waals surface area contributed by atoms with E-state index in [9.17, 15) is 39.6 Å². The number of carboxylic acids is 4. The van der Waals surface area contributed by atoms with Gasteiger partial charge >= 0.3 is 26.2 Å². The molecule has 2 aromatic rings. The van der Waals surface area contributed by atoms with Gasteiger partial charge in [-0.2, -0.15) is 0 Å². The van der Waals surface area contributed by atoms with E-state index >= 15 is 0 Å². The van der Waals surface area contributed by atoms with E-state index in [1.54, 1.807) is 48.5 Å². The Hall–Kier alpha value is -3.84. The van der Waals surface area contributed by atoms with E-state index in [2.05, 4.69) is 0 Å². The van der Waals surface area contributed by atoms with Gasteiger partial charge in [0.25, 0.3) is 0 Å². The molecule has 2 rings (SSSR count). The number of carboxylic acid groups (broad SMARTS) is 4. The van der Waals surface area contributed by atoms with E-state index in [0.717, 1.165) is 24.3 Å². The van der Waals surface area contributed by atoms with Crippen LogP contribution in [0.5, 0.6) is 0 Å². The first-order chi connectivity index (χ1) is 15.2. The number of hydrogen-bond acceptors (Lipinski definition) is 8. The normalized spacial score (nSPS) is 10.7. The van der Waals surface area contributed by atoms with Gasteiger partial charge in [-0.3, -0.25) is 0 Å². The van der Waals surface area contributed by atoms with Crippen molar-refractivity contribution in [2.45, 2.75) is 0 Å². The Kier molecular flexibility index (Phi) is 14.0. The molecule has 164 valence electrons. The largest absolute Gasteiger partial charge is 4.00 e. The molecule has 0 spiro atoms. The van der Waals surface area contributed by atoms with E-state index in [-0.39, 0.29) is 26.2 Å². The molecule has 0 aromatic heterocycles. The first-order valence-electron chi connectivity index (χ1n) is 8.92. The molecule has 0 aliphatic rings. The Morgan fingerprint density at radius 1 is 0.424 bits per heavy atom. The third kappa shape index (κ3) is 14.7. The smallest absolute Gasteiger partial charge is 0.545 e. The molecule has 8 nitrogen and oxygen atoms in total. The van der Waals surface area contributed by atoms with Gasteiger partial charge in [0.1, 0.15) is 0 Å². The predicted molar refractivity (Wildman–Crippen MR) is 109 cm³/mol. The van der Waals surface area contributed by atoms with Gasteiger partial charge in [-0.25, -0.2) is 0 Å².